The van der Waals surface area contributed by atoms with E-state index < -0.39 is 0 Å². The van der Waals surface area contributed by atoms with Gasteiger partial charge in [0.1, 0.15) is 0 Å². The molecule has 0 bridgehead atoms. The molecular weight excluding hydrogens is 511 g/mol. The molecule has 0 amide bonds. The zero-order valence-corrected chi connectivity index (χ0v) is 21.2. The number of nitrogens with zero attached hydrogens (tertiary/aromatic N) is 4. The van der Waals surface area contributed by atoms with E-state index in [0.29, 0.717) is 27.5 Å². The van der Waals surface area contributed by atoms with Gasteiger partial charge in [0.25, 0.3) is 5.89 Å². The molecule has 8 heteroatoms. The first kappa shape index (κ1) is 23.0. The van der Waals surface area contributed by atoms with Gasteiger partial charge in [-0.2, -0.15) is 5.10 Å². The minimum atomic E-state index is 0.199. The Labute approximate surface area is 205 Å². The zero-order chi connectivity index (χ0) is 22.8. The van der Waals surface area contributed by atoms with Gasteiger partial charge in [0, 0.05) is 26.5 Å². The Hall–Kier alpha value is -2.15. The van der Waals surface area contributed by atoms with Gasteiger partial charge in [-0.1, -0.05) is 78.5 Å². The molecule has 0 fully saturated rings. The summed E-state index contributed by atoms with van der Waals surface area (Å²) in [6.07, 6.45) is 2.77. The van der Waals surface area contributed by atoms with Crippen molar-refractivity contribution in [3.8, 4) is 28.5 Å². The van der Waals surface area contributed by atoms with Gasteiger partial charge in [-0.3, -0.25) is 0 Å². The summed E-state index contributed by atoms with van der Waals surface area (Å²) in [5.74, 6) is 1.25. The van der Waals surface area contributed by atoms with Crippen LogP contribution >= 0.6 is 39.1 Å². The molecule has 0 aliphatic heterocycles. The Bertz CT molecular complexity index is 1230. The van der Waals surface area contributed by atoms with Crippen molar-refractivity contribution in [3.63, 3.8) is 0 Å². The first-order valence-corrected chi connectivity index (χ1v) is 12.1. The number of aromatic nitrogens is 4. The zero-order valence-electron chi connectivity index (χ0n) is 18.1. The highest BCUT2D eigenvalue weighted by Gasteiger charge is 2.25. The standard InChI is InChI=1S/C24H23BrCl2N4O/c1-4-6-14(3)23-28-29-24(32-23)21-18(5-2)22(15-7-9-16(25)10-8-15)31(30-21)20-12-11-17(26)13-19(20)27/h7-14H,4-6H2,1-3H3. The molecule has 166 valence electrons. The van der Waals surface area contributed by atoms with Crippen molar-refractivity contribution in [1.29, 1.82) is 0 Å². The molecule has 0 saturated heterocycles. The monoisotopic (exact) mass is 532 g/mol. The predicted octanol–water partition coefficient (Wildman–Crippen LogP) is 8.12. The van der Waals surface area contributed by atoms with Crippen LogP contribution in [0.5, 0.6) is 0 Å². The lowest BCUT2D eigenvalue weighted by Crippen LogP contribution is -2.01. The fourth-order valence-corrected chi connectivity index (χ4v) is 4.53. The van der Waals surface area contributed by atoms with Crippen molar-refractivity contribution < 1.29 is 4.42 Å². The van der Waals surface area contributed by atoms with Crippen LogP contribution in [0.2, 0.25) is 10.0 Å². The van der Waals surface area contributed by atoms with Crippen LogP contribution in [0.15, 0.2) is 51.4 Å². The maximum atomic E-state index is 6.58. The molecule has 4 aromatic rings. The molecule has 2 aromatic heterocycles. The van der Waals surface area contributed by atoms with E-state index in [4.69, 9.17) is 32.7 Å². The van der Waals surface area contributed by atoms with Gasteiger partial charge in [-0.05, 0) is 43.2 Å². The molecule has 0 N–H and O–H groups in total. The average Bonchev–Trinajstić information content (AvgIpc) is 3.39. The van der Waals surface area contributed by atoms with Gasteiger partial charge in [0.15, 0.2) is 5.69 Å². The highest BCUT2D eigenvalue weighted by atomic mass is 79.9. The van der Waals surface area contributed by atoms with E-state index >= 15 is 0 Å². The molecule has 32 heavy (non-hydrogen) atoms. The topological polar surface area (TPSA) is 56.7 Å². The minimum Gasteiger partial charge on any atom is -0.419 e. The van der Waals surface area contributed by atoms with E-state index in [1.807, 2.05) is 35.0 Å². The summed E-state index contributed by atoms with van der Waals surface area (Å²) in [5, 5.41) is 14.6. The Morgan fingerprint density at radius 3 is 2.47 bits per heavy atom. The normalized spacial score (nSPS) is 12.3. The third kappa shape index (κ3) is 4.49. The van der Waals surface area contributed by atoms with E-state index in [2.05, 4.69) is 46.9 Å². The van der Waals surface area contributed by atoms with E-state index in [0.717, 1.165) is 46.2 Å². The van der Waals surface area contributed by atoms with Crippen LogP contribution in [-0.4, -0.2) is 20.0 Å². The second kappa shape index (κ2) is 9.77. The second-order valence-electron chi connectivity index (χ2n) is 7.68. The lowest BCUT2D eigenvalue weighted by Gasteiger charge is -2.11. The Balaban J connectivity index is 1.93. The minimum absolute atomic E-state index is 0.199. The van der Waals surface area contributed by atoms with Gasteiger partial charge in [-0.25, -0.2) is 4.68 Å². The van der Waals surface area contributed by atoms with Crippen LogP contribution in [0, 0.1) is 0 Å². The third-order valence-electron chi connectivity index (χ3n) is 5.38. The fourth-order valence-electron chi connectivity index (χ4n) is 3.77. The first-order valence-electron chi connectivity index (χ1n) is 10.6. The van der Waals surface area contributed by atoms with Crippen LogP contribution in [-0.2, 0) is 6.42 Å². The number of benzene rings is 2. The average molecular weight is 534 g/mol. The van der Waals surface area contributed by atoms with E-state index in [1.165, 1.54) is 0 Å². The van der Waals surface area contributed by atoms with Crippen LogP contribution in [0.1, 0.15) is 51.0 Å². The van der Waals surface area contributed by atoms with Crippen molar-refractivity contribution in [2.24, 2.45) is 0 Å². The SMILES string of the molecule is CCCC(C)c1nnc(-c2nn(-c3ccc(Cl)cc3Cl)c(-c3ccc(Br)cc3)c2CC)o1. The Morgan fingerprint density at radius 1 is 1.06 bits per heavy atom. The molecule has 0 aliphatic carbocycles. The molecule has 4 rings (SSSR count). The lowest BCUT2D eigenvalue weighted by atomic mass is 10.0. The van der Waals surface area contributed by atoms with Crippen molar-refractivity contribution in [2.75, 3.05) is 0 Å². The summed E-state index contributed by atoms with van der Waals surface area (Å²) in [5.41, 5.74) is 4.35. The number of hydrogen-bond acceptors (Lipinski definition) is 4. The molecule has 2 heterocycles. The maximum absolute atomic E-state index is 6.58. The Morgan fingerprint density at radius 2 is 1.81 bits per heavy atom. The predicted molar refractivity (Wildman–Crippen MR) is 133 cm³/mol. The summed E-state index contributed by atoms with van der Waals surface area (Å²) in [4.78, 5) is 0. The van der Waals surface area contributed by atoms with Crippen molar-refractivity contribution in [1.82, 2.24) is 20.0 Å². The van der Waals surface area contributed by atoms with Crippen LogP contribution in [0.4, 0.5) is 0 Å². The molecule has 0 saturated carbocycles. The fraction of sp³-hybridized carbons (Fsp3) is 0.292. The van der Waals surface area contributed by atoms with E-state index in [1.54, 1.807) is 12.1 Å². The first-order chi connectivity index (χ1) is 15.4. The van der Waals surface area contributed by atoms with Gasteiger partial charge >= 0.3 is 0 Å². The smallest absolute Gasteiger partial charge is 0.268 e. The molecule has 0 radical (unpaired) electrons. The largest absolute Gasteiger partial charge is 0.419 e. The molecule has 0 spiro atoms. The summed E-state index contributed by atoms with van der Waals surface area (Å²) >= 11 is 16.2. The molecule has 1 atom stereocenters. The summed E-state index contributed by atoms with van der Waals surface area (Å²) in [7, 11) is 0. The highest BCUT2D eigenvalue weighted by Crippen LogP contribution is 2.37. The number of rotatable bonds is 7. The quantitative estimate of drug-likeness (QED) is 0.240. The van der Waals surface area contributed by atoms with Gasteiger partial charge in [0.2, 0.25) is 5.89 Å². The summed E-state index contributed by atoms with van der Waals surface area (Å²) in [6, 6.07) is 13.5. The third-order valence-corrected chi connectivity index (χ3v) is 6.45. The van der Waals surface area contributed by atoms with Gasteiger partial charge in [0.05, 0.1) is 16.4 Å². The van der Waals surface area contributed by atoms with Crippen LogP contribution < -0.4 is 0 Å². The van der Waals surface area contributed by atoms with Crippen molar-refractivity contribution >= 4 is 39.1 Å². The van der Waals surface area contributed by atoms with Crippen molar-refractivity contribution in [3.05, 3.63) is 68.4 Å². The highest BCUT2D eigenvalue weighted by molar-refractivity contribution is 9.10. The molecular formula is C24H23BrCl2N4O. The van der Waals surface area contributed by atoms with E-state index in [-0.39, 0.29) is 5.92 Å². The van der Waals surface area contributed by atoms with Gasteiger partial charge < -0.3 is 4.42 Å². The molecule has 0 aliphatic rings. The summed E-state index contributed by atoms with van der Waals surface area (Å²) in [6.45, 7) is 6.33. The lowest BCUT2D eigenvalue weighted by molar-refractivity contribution is 0.450. The summed E-state index contributed by atoms with van der Waals surface area (Å²) < 4.78 is 8.92. The van der Waals surface area contributed by atoms with Gasteiger partial charge in [-0.15, -0.1) is 10.2 Å². The molecule has 2 aromatic carbocycles. The number of halogens is 3. The Kier molecular flexibility index (Phi) is 7.03. The van der Waals surface area contributed by atoms with Crippen molar-refractivity contribution in [2.45, 2.75) is 46.0 Å². The maximum Gasteiger partial charge on any atom is 0.268 e. The number of hydrogen-bond donors (Lipinski definition) is 0. The molecule has 5 nitrogen and oxygen atoms in total. The van der Waals surface area contributed by atoms with E-state index in [9.17, 15) is 0 Å². The molecule has 1 unspecified atom stereocenters. The van der Waals surface area contributed by atoms with Crippen LogP contribution in [0.3, 0.4) is 0 Å². The second-order valence-corrected chi connectivity index (χ2v) is 9.44. The van der Waals surface area contributed by atoms with Crippen LogP contribution in [0.25, 0.3) is 28.5 Å².